The summed E-state index contributed by atoms with van der Waals surface area (Å²) in [6.07, 6.45) is 6.81. The number of allylic oxidation sites excluding steroid dienone is 1. The molecule has 1 aliphatic rings. The van der Waals surface area contributed by atoms with Crippen LogP contribution in [0.25, 0.3) is 16.6 Å². The molecule has 2 heterocycles. The van der Waals surface area contributed by atoms with E-state index in [0.717, 1.165) is 33.0 Å². The van der Waals surface area contributed by atoms with E-state index in [-0.39, 0.29) is 5.82 Å². The average molecular weight is 373 g/mol. The lowest BCUT2D eigenvalue weighted by Gasteiger charge is -2.34. The van der Waals surface area contributed by atoms with Gasteiger partial charge in [0.25, 0.3) is 0 Å². The molecular formula is C22H16FN3S. The number of hydrogen-bond donors (Lipinski definition) is 1. The molecule has 5 rings (SSSR count). The van der Waals surface area contributed by atoms with Gasteiger partial charge in [-0.05, 0) is 23.3 Å². The van der Waals surface area contributed by atoms with Crippen molar-refractivity contribution < 1.29 is 4.39 Å². The van der Waals surface area contributed by atoms with Crippen molar-refractivity contribution in [1.82, 2.24) is 15.2 Å². The zero-order valence-corrected chi connectivity index (χ0v) is 15.2. The van der Waals surface area contributed by atoms with Crippen LogP contribution < -0.4 is 0 Å². The minimum absolute atomic E-state index is 0.225. The third kappa shape index (κ3) is 2.62. The molecule has 1 unspecified atom stereocenters. The van der Waals surface area contributed by atoms with Crippen LogP contribution in [0.4, 0.5) is 4.39 Å². The molecule has 3 nitrogen and oxygen atoms in total. The fraction of sp³-hybridized carbons (Fsp3) is 0.0909. The van der Waals surface area contributed by atoms with E-state index in [1.54, 1.807) is 23.5 Å². The standard InChI is InChI=1S/C22H16FN3S/c23-17-8-4-7-16(11-17)22(15-5-2-1-3-6-15)10-9-18-19(12-22)25-26-21(18)20-13-24-14-27-20/h1-11,13-14H,12H2,(H,25,26). The lowest BCUT2D eigenvalue weighted by Crippen LogP contribution is -2.30. The summed E-state index contributed by atoms with van der Waals surface area (Å²) < 4.78 is 14.0. The topological polar surface area (TPSA) is 41.6 Å². The molecule has 132 valence electrons. The van der Waals surface area contributed by atoms with E-state index in [1.165, 1.54) is 6.07 Å². The molecular weight excluding hydrogens is 357 g/mol. The van der Waals surface area contributed by atoms with Crippen LogP contribution in [0.5, 0.6) is 0 Å². The zero-order valence-electron chi connectivity index (χ0n) is 14.4. The van der Waals surface area contributed by atoms with Gasteiger partial charge >= 0.3 is 0 Å². The summed E-state index contributed by atoms with van der Waals surface area (Å²) >= 11 is 1.57. The number of nitrogens with zero attached hydrogens (tertiary/aromatic N) is 2. The Morgan fingerprint density at radius 1 is 1.04 bits per heavy atom. The van der Waals surface area contributed by atoms with Crippen LogP contribution in [0.1, 0.15) is 22.4 Å². The summed E-state index contributed by atoms with van der Waals surface area (Å²) in [7, 11) is 0. The van der Waals surface area contributed by atoms with E-state index in [0.29, 0.717) is 6.42 Å². The van der Waals surface area contributed by atoms with E-state index in [4.69, 9.17) is 0 Å². The molecule has 0 bridgehead atoms. The van der Waals surface area contributed by atoms with E-state index < -0.39 is 5.41 Å². The molecule has 0 spiro atoms. The molecule has 0 radical (unpaired) electrons. The molecule has 0 amide bonds. The average Bonchev–Trinajstić information content (AvgIpc) is 3.37. The van der Waals surface area contributed by atoms with Crippen molar-refractivity contribution in [2.45, 2.75) is 11.8 Å². The maximum Gasteiger partial charge on any atom is 0.123 e. The Balaban J connectivity index is 1.68. The second-order valence-corrected chi connectivity index (χ2v) is 7.57. The number of hydrogen-bond acceptors (Lipinski definition) is 3. The minimum atomic E-state index is -0.437. The number of aromatic amines is 1. The summed E-state index contributed by atoms with van der Waals surface area (Å²) in [4.78, 5) is 5.20. The SMILES string of the molecule is Fc1cccc(C2(c3ccccc3)C=Cc3c(-c4cncs4)n[nH]c3C2)c1. The highest BCUT2D eigenvalue weighted by molar-refractivity contribution is 7.13. The quantitative estimate of drug-likeness (QED) is 0.534. The molecule has 27 heavy (non-hydrogen) atoms. The Hall–Kier alpha value is -3.05. The fourth-order valence-electron chi connectivity index (χ4n) is 3.85. The van der Waals surface area contributed by atoms with Crippen LogP contribution in [-0.4, -0.2) is 15.2 Å². The van der Waals surface area contributed by atoms with Crippen molar-refractivity contribution in [1.29, 1.82) is 0 Å². The molecule has 1 N–H and O–H groups in total. The Kier molecular flexibility index (Phi) is 3.76. The van der Waals surface area contributed by atoms with Gasteiger partial charge in [-0.3, -0.25) is 10.1 Å². The van der Waals surface area contributed by atoms with E-state index in [2.05, 4.69) is 39.5 Å². The number of rotatable bonds is 3. The maximum atomic E-state index is 14.0. The van der Waals surface area contributed by atoms with Crippen LogP contribution in [0.2, 0.25) is 0 Å². The normalized spacial score (nSPS) is 18.4. The van der Waals surface area contributed by atoms with Gasteiger partial charge in [0, 0.05) is 29.3 Å². The third-order valence-corrected chi connectivity index (χ3v) is 5.95. The summed E-state index contributed by atoms with van der Waals surface area (Å²) in [6, 6.07) is 17.1. The summed E-state index contributed by atoms with van der Waals surface area (Å²) in [5.74, 6) is -0.225. The monoisotopic (exact) mass is 373 g/mol. The van der Waals surface area contributed by atoms with Crippen LogP contribution in [0.3, 0.4) is 0 Å². The first-order valence-corrected chi connectivity index (χ1v) is 9.61. The first kappa shape index (κ1) is 16.1. The number of nitrogens with one attached hydrogen (secondary N) is 1. The van der Waals surface area contributed by atoms with Gasteiger partial charge in [-0.1, -0.05) is 54.6 Å². The first-order valence-electron chi connectivity index (χ1n) is 8.73. The lowest BCUT2D eigenvalue weighted by atomic mass is 9.68. The van der Waals surface area contributed by atoms with Crippen LogP contribution >= 0.6 is 11.3 Å². The molecule has 1 atom stereocenters. The highest BCUT2D eigenvalue weighted by Crippen LogP contribution is 2.43. The van der Waals surface area contributed by atoms with E-state index in [9.17, 15) is 4.39 Å². The molecule has 5 heteroatoms. The van der Waals surface area contributed by atoms with Crippen LogP contribution in [0, 0.1) is 5.82 Å². The van der Waals surface area contributed by atoms with Crippen molar-refractivity contribution in [3.8, 4) is 10.6 Å². The summed E-state index contributed by atoms with van der Waals surface area (Å²) in [5.41, 5.74) is 6.49. The zero-order chi connectivity index (χ0) is 18.3. The molecule has 2 aromatic carbocycles. The number of thiazole rings is 1. The van der Waals surface area contributed by atoms with Gasteiger partial charge in [0.1, 0.15) is 11.5 Å². The smallest absolute Gasteiger partial charge is 0.123 e. The second kappa shape index (κ2) is 6.28. The largest absolute Gasteiger partial charge is 0.281 e. The predicted octanol–water partition coefficient (Wildman–Crippen LogP) is 5.23. The number of H-pyrrole nitrogens is 1. The number of halogens is 1. The highest BCUT2D eigenvalue weighted by atomic mass is 32.1. The Morgan fingerprint density at radius 2 is 1.89 bits per heavy atom. The Labute approximate surface area is 160 Å². The first-order chi connectivity index (χ1) is 13.3. The molecule has 0 fully saturated rings. The molecule has 1 aliphatic carbocycles. The number of fused-ring (bicyclic) bond motifs is 1. The van der Waals surface area contributed by atoms with Gasteiger partial charge in [0.15, 0.2) is 0 Å². The van der Waals surface area contributed by atoms with Crippen LogP contribution in [-0.2, 0) is 11.8 Å². The lowest BCUT2D eigenvalue weighted by molar-refractivity contribution is 0.594. The van der Waals surface area contributed by atoms with Crippen LogP contribution in [0.15, 0.2) is 72.4 Å². The van der Waals surface area contributed by atoms with Crippen molar-refractivity contribution in [2.75, 3.05) is 0 Å². The van der Waals surface area contributed by atoms with E-state index >= 15 is 0 Å². The molecule has 0 aliphatic heterocycles. The van der Waals surface area contributed by atoms with Gasteiger partial charge in [0.05, 0.1) is 10.4 Å². The second-order valence-electron chi connectivity index (χ2n) is 6.69. The van der Waals surface area contributed by atoms with Crippen molar-refractivity contribution in [3.63, 3.8) is 0 Å². The van der Waals surface area contributed by atoms with Gasteiger partial charge in [-0.25, -0.2) is 4.39 Å². The van der Waals surface area contributed by atoms with Gasteiger partial charge in [-0.15, -0.1) is 11.3 Å². The van der Waals surface area contributed by atoms with Crippen molar-refractivity contribution in [2.24, 2.45) is 0 Å². The van der Waals surface area contributed by atoms with Gasteiger partial charge in [0.2, 0.25) is 0 Å². The molecule has 2 aromatic heterocycles. The number of aromatic nitrogens is 3. The molecule has 0 saturated heterocycles. The predicted molar refractivity (Wildman–Crippen MR) is 106 cm³/mol. The molecule has 4 aromatic rings. The summed E-state index contributed by atoms with van der Waals surface area (Å²) in [6.45, 7) is 0. The van der Waals surface area contributed by atoms with Gasteiger partial charge in [-0.2, -0.15) is 5.10 Å². The van der Waals surface area contributed by atoms with Crippen molar-refractivity contribution >= 4 is 17.4 Å². The molecule has 0 saturated carbocycles. The maximum absolute atomic E-state index is 14.0. The third-order valence-electron chi connectivity index (χ3n) is 5.17. The minimum Gasteiger partial charge on any atom is -0.281 e. The van der Waals surface area contributed by atoms with E-state index in [1.807, 2.05) is 36.0 Å². The van der Waals surface area contributed by atoms with Gasteiger partial charge < -0.3 is 0 Å². The Bertz CT molecular complexity index is 1120. The Morgan fingerprint density at radius 3 is 2.67 bits per heavy atom. The number of benzene rings is 2. The fourth-order valence-corrected chi connectivity index (χ4v) is 4.47. The highest BCUT2D eigenvalue weighted by Gasteiger charge is 2.36. The van der Waals surface area contributed by atoms with Crippen molar-refractivity contribution in [3.05, 3.63) is 101 Å². The summed E-state index contributed by atoms with van der Waals surface area (Å²) in [5, 5.41) is 7.74.